The van der Waals surface area contributed by atoms with Crippen LogP contribution in [0, 0.1) is 0 Å². The lowest BCUT2D eigenvalue weighted by molar-refractivity contribution is -0.192. The minimum atomic E-state index is -5.08. The van der Waals surface area contributed by atoms with Crippen LogP contribution in [0.5, 0.6) is 5.75 Å². The van der Waals surface area contributed by atoms with Crippen LogP contribution < -0.4 is 15.8 Å². The summed E-state index contributed by atoms with van der Waals surface area (Å²) in [5, 5.41) is 9.86. The van der Waals surface area contributed by atoms with E-state index in [0.717, 1.165) is 11.3 Å². The van der Waals surface area contributed by atoms with Crippen molar-refractivity contribution in [3.63, 3.8) is 0 Å². The quantitative estimate of drug-likeness (QED) is 0.702. The van der Waals surface area contributed by atoms with Gasteiger partial charge in [-0.25, -0.2) is 4.79 Å². The van der Waals surface area contributed by atoms with Crippen molar-refractivity contribution >= 4 is 11.9 Å². The van der Waals surface area contributed by atoms with Crippen LogP contribution in [0.2, 0.25) is 0 Å². The molecule has 0 saturated heterocycles. The Kier molecular flexibility index (Phi) is 9.43. The normalized spacial score (nSPS) is 11.8. The van der Waals surface area contributed by atoms with Crippen LogP contribution >= 0.6 is 0 Å². The van der Waals surface area contributed by atoms with Gasteiger partial charge in [0.15, 0.2) is 0 Å². The zero-order valence-electron chi connectivity index (χ0n) is 13.1. The second-order valence-corrected chi connectivity index (χ2v) is 4.43. The molecule has 1 aromatic carbocycles. The highest BCUT2D eigenvalue weighted by atomic mass is 19.4. The molecule has 0 heterocycles. The van der Waals surface area contributed by atoms with Gasteiger partial charge < -0.3 is 25.6 Å². The van der Waals surface area contributed by atoms with Gasteiger partial charge in [0.05, 0.1) is 13.7 Å². The largest absolute Gasteiger partial charge is 0.497 e. The predicted octanol–water partition coefficient (Wildman–Crippen LogP) is 0.918. The number of carbonyl (C=O) groups is 2. The van der Waals surface area contributed by atoms with Crippen LogP contribution in [-0.2, 0) is 20.9 Å². The van der Waals surface area contributed by atoms with Gasteiger partial charge in [0, 0.05) is 13.7 Å². The number of carbonyl (C=O) groups excluding carboxylic acids is 1. The number of nitrogens with one attached hydrogen (secondary N) is 1. The molecule has 10 heteroatoms. The smallest absolute Gasteiger partial charge is 0.490 e. The summed E-state index contributed by atoms with van der Waals surface area (Å²) >= 11 is 0. The van der Waals surface area contributed by atoms with E-state index < -0.39 is 18.2 Å². The zero-order valence-corrected chi connectivity index (χ0v) is 13.1. The van der Waals surface area contributed by atoms with Crippen LogP contribution in [-0.4, -0.2) is 50.0 Å². The molecule has 24 heavy (non-hydrogen) atoms. The molecule has 0 fully saturated rings. The molecular formula is C14H19F3N2O5. The van der Waals surface area contributed by atoms with Crippen LogP contribution in [0.3, 0.4) is 0 Å². The highest BCUT2D eigenvalue weighted by molar-refractivity contribution is 5.81. The van der Waals surface area contributed by atoms with Crippen LogP contribution in [0.15, 0.2) is 24.3 Å². The van der Waals surface area contributed by atoms with E-state index in [2.05, 4.69) is 5.32 Å². The van der Waals surface area contributed by atoms with Gasteiger partial charge in [-0.3, -0.25) is 4.79 Å². The molecular weight excluding hydrogens is 333 g/mol. The van der Waals surface area contributed by atoms with Crippen molar-refractivity contribution in [2.75, 3.05) is 20.8 Å². The van der Waals surface area contributed by atoms with Gasteiger partial charge >= 0.3 is 12.1 Å². The van der Waals surface area contributed by atoms with Crippen molar-refractivity contribution < 1.29 is 37.3 Å². The first-order valence-corrected chi connectivity index (χ1v) is 6.57. The summed E-state index contributed by atoms with van der Waals surface area (Å²) in [6.07, 6.45) is -5.08. The van der Waals surface area contributed by atoms with Crippen molar-refractivity contribution in [2.45, 2.75) is 18.8 Å². The third-order valence-electron chi connectivity index (χ3n) is 2.53. The van der Waals surface area contributed by atoms with Gasteiger partial charge in [-0.15, -0.1) is 0 Å². The maximum atomic E-state index is 11.5. The number of rotatable bonds is 6. The molecule has 0 radical (unpaired) electrons. The summed E-state index contributed by atoms with van der Waals surface area (Å²) in [5.41, 5.74) is 6.55. The summed E-state index contributed by atoms with van der Waals surface area (Å²) in [7, 11) is 3.11. The SMILES string of the molecule is COC[C@H](N)C(=O)NCc1cccc(OC)c1.O=C(O)C(F)(F)F. The molecule has 0 saturated carbocycles. The van der Waals surface area contributed by atoms with E-state index in [1.54, 1.807) is 7.11 Å². The molecule has 0 aliphatic heterocycles. The lowest BCUT2D eigenvalue weighted by atomic mass is 10.2. The van der Waals surface area contributed by atoms with E-state index in [9.17, 15) is 18.0 Å². The fraction of sp³-hybridized carbons (Fsp3) is 0.429. The van der Waals surface area contributed by atoms with Crippen LogP contribution in [0.25, 0.3) is 0 Å². The first-order valence-electron chi connectivity index (χ1n) is 6.57. The first kappa shape index (κ1) is 21.7. The van der Waals surface area contributed by atoms with Gasteiger partial charge in [-0.05, 0) is 17.7 Å². The first-order chi connectivity index (χ1) is 11.1. The van der Waals surface area contributed by atoms with E-state index in [0.29, 0.717) is 6.54 Å². The number of alkyl halides is 3. The van der Waals surface area contributed by atoms with E-state index in [1.165, 1.54) is 7.11 Å². The lowest BCUT2D eigenvalue weighted by Crippen LogP contribution is -2.43. The number of hydrogen-bond donors (Lipinski definition) is 3. The third-order valence-corrected chi connectivity index (χ3v) is 2.53. The lowest BCUT2D eigenvalue weighted by Gasteiger charge is -2.11. The minimum absolute atomic E-state index is 0.212. The maximum absolute atomic E-state index is 11.5. The second-order valence-electron chi connectivity index (χ2n) is 4.43. The average Bonchev–Trinajstić information content (AvgIpc) is 2.52. The summed E-state index contributed by atoms with van der Waals surface area (Å²) in [5.74, 6) is -2.22. The Morgan fingerprint density at radius 2 is 1.92 bits per heavy atom. The number of carboxylic acid groups (broad SMARTS) is 1. The Morgan fingerprint density at radius 3 is 2.38 bits per heavy atom. The Bertz CT molecular complexity index is 537. The van der Waals surface area contributed by atoms with E-state index in [4.69, 9.17) is 25.1 Å². The topological polar surface area (TPSA) is 111 Å². The zero-order chi connectivity index (χ0) is 18.8. The Hall–Kier alpha value is -2.33. The maximum Gasteiger partial charge on any atom is 0.490 e. The summed E-state index contributed by atoms with van der Waals surface area (Å²) < 4.78 is 41.6. The van der Waals surface area contributed by atoms with E-state index in [1.807, 2.05) is 24.3 Å². The van der Waals surface area contributed by atoms with Crippen molar-refractivity contribution in [1.29, 1.82) is 0 Å². The number of aliphatic carboxylic acids is 1. The van der Waals surface area contributed by atoms with Crippen LogP contribution in [0.4, 0.5) is 13.2 Å². The molecule has 1 rings (SSSR count). The van der Waals surface area contributed by atoms with Gasteiger partial charge in [0.1, 0.15) is 11.8 Å². The van der Waals surface area contributed by atoms with Crippen molar-refractivity contribution in [1.82, 2.24) is 5.32 Å². The summed E-state index contributed by atoms with van der Waals surface area (Å²) in [6, 6.07) is 6.86. The number of carboxylic acids is 1. The van der Waals surface area contributed by atoms with Crippen molar-refractivity contribution in [3.05, 3.63) is 29.8 Å². The number of ether oxygens (including phenoxy) is 2. The number of halogens is 3. The van der Waals surface area contributed by atoms with Crippen LogP contribution in [0.1, 0.15) is 5.56 Å². The molecule has 0 spiro atoms. The Balaban J connectivity index is 0.000000640. The second kappa shape index (κ2) is 10.4. The van der Waals surface area contributed by atoms with Gasteiger partial charge in [0.25, 0.3) is 0 Å². The summed E-state index contributed by atoms with van der Waals surface area (Å²) in [6.45, 7) is 0.636. The van der Waals surface area contributed by atoms with Gasteiger partial charge in [-0.2, -0.15) is 13.2 Å². The van der Waals surface area contributed by atoms with Gasteiger partial charge in [0.2, 0.25) is 5.91 Å². The molecule has 0 aromatic heterocycles. The molecule has 136 valence electrons. The number of nitrogens with two attached hydrogens (primary N) is 1. The molecule has 0 aliphatic carbocycles. The molecule has 1 aromatic rings. The standard InChI is InChI=1S/C12H18N2O3.C2HF3O2/c1-16-8-11(13)12(15)14-7-9-4-3-5-10(6-9)17-2;3-2(4,5)1(6)7/h3-6,11H,7-8,13H2,1-2H3,(H,14,15);(H,6,7)/t11-;/m0./s1. The average molecular weight is 352 g/mol. The Labute approximate surface area is 136 Å². The van der Waals surface area contributed by atoms with Crippen molar-refractivity contribution in [3.8, 4) is 5.75 Å². The number of benzene rings is 1. The number of hydrogen-bond acceptors (Lipinski definition) is 5. The third kappa shape index (κ3) is 8.96. The van der Waals surface area contributed by atoms with E-state index in [-0.39, 0.29) is 12.5 Å². The van der Waals surface area contributed by atoms with Crippen molar-refractivity contribution in [2.24, 2.45) is 5.73 Å². The number of methoxy groups -OCH3 is 2. The fourth-order valence-electron chi connectivity index (χ4n) is 1.36. The summed E-state index contributed by atoms with van der Waals surface area (Å²) in [4.78, 5) is 20.4. The van der Waals surface area contributed by atoms with Gasteiger partial charge in [-0.1, -0.05) is 12.1 Å². The predicted molar refractivity (Wildman–Crippen MR) is 78.4 cm³/mol. The molecule has 0 unspecified atom stereocenters. The molecule has 0 bridgehead atoms. The molecule has 0 aliphatic rings. The highest BCUT2D eigenvalue weighted by Crippen LogP contribution is 2.13. The number of amides is 1. The fourth-order valence-corrected chi connectivity index (χ4v) is 1.36. The Morgan fingerprint density at radius 1 is 1.33 bits per heavy atom. The molecule has 1 atom stereocenters. The highest BCUT2D eigenvalue weighted by Gasteiger charge is 2.38. The molecule has 4 N–H and O–H groups in total. The minimum Gasteiger partial charge on any atom is -0.497 e. The monoisotopic (exact) mass is 352 g/mol. The van der Waals surface area contributed by atoms with E-state index >= 15 is 0 Å². The molecule has 7 nitrogen and oxygen atoms in total. The molecule has 1 amide bonds.